The third-order valence-electron chi connectivity index (χ3n) is 7.20. The molecule has 0 fully saturated rings. The van der Waals surface area contributed by atoms with Crippen molar-refractivity contribution in [2.45, 2.75) is 39.8 Å². The van der Waals surface area contributed by atoms with Gasteiger partial charge in [-0.05, 0) is 49.2 Å². The quantitative estimate of drug-likeness (QED) is 0.0979. The maximum atomic E-state index is 13.2. The van der Waals surface area contributed by atoms with E-state index in [1.165, 1.54) is 0 Å². The van der Waals surface area contributed by atoms with Crippen molar-refractivity contribution < 1.29 is 23.9 Å². The number of allylic oxidation sites excluding steroid dienone is 2. The van der Waals surface area contributed by atoms with Crippen LogP contribution in [-0.2, 0) is 19.5 Å². The number of fused-ring (bicyclic) bond motifs is 2. The second kappa shape index (κ2) is 13.4. The van der Waals surface area contributed by atoms with Gasteiger partial charge >= 0.3 is 0 Å². The van der Waals surface area contributed by atoms with E-state index in [1.54, 1.807) is 44.3 Å². The Labute approximate surface area is 258 Å². The topological polar surface area (TPSA) is 195 Å². The number of aryl methyl sites for hydroxylation is 2. The Kier molecular flexibility index (Phi) is 9.23. The number of hydrogen-bond acceptors (Lipinski definition) is 9. The Morgan fingerprint density at radius 2 is 1.56 bits per heavy atom. The zero-order valence-electron chi connectivity index (χ0n) is 25.3. The average molecular weight is 614 g/mol. The van der Waals surface area contributed by atoms with Gasteiger partial charge in [-0.3, -0.25) is 19.7 Å². The molecule has 6 N–H and O–H groups in total. The summed E-state index contributed by atoms with van der Waals surface area (Å²) in [5.41, 5.74) is 9.50. The van der Waals surface area contributed by atoms with Gasteiger partial charge in [-0.25, -0.2) is 15.0 Å². The second-order valence-electron chi connectivity index (χ2n) is 10.2. The third-order valence-corrected chi connectivity index (χ3v) is 7.20. The number of aliphatic hydroxyl groups excluding tert-OH is 1. The van der Waals surface area contributed by atoms with Crippen molar-refractivity contribution in [2.75, 3.05) is 30.8 Å². The number of anilines is 2. The van der Waals surface area contributed by atoms with Crippen molar-refractivity contribution in [3.05, 3.63) is 77.0 Å². The van der Waals surface area contributed by atoms with Crippen molar-refractivity contribution in [1.29, 1.82) is 0 Å². The molecule has 0 radical (unpaired) electrons. The van der Waals surface area contributed by atoms with E-state index < -0.39 is 11.8 Å². The molecule has 5 aromatic rings. The van der Waals surface area contributed by atoms with Crippen molar-refractivity contribution >= 4 is 51.7 Å². The maximum absolute atomic E-state index is 13.2. The van der Waals surface area contributed by atoms with Crippen LogP contribution in [0.3, 0.4) is 0 Å². The number of aromatic nitrogens is 5. The van der Waals surface area contributed by atoms with Crippen LogP contribution in [0, 0.1) is 6.92 Å². The molecule has 0 saturated carbocycles. The summed E-state index contributed by atoms with van der Waals surface area (Å²) in [7, 11) is 1.77. The van der Waals surface area contributed by atoms with Crippen LogP contribution in [0.25, 0.3) is 22.1 Å². The summed E-state index contributed by atoms with van der Waals surface area (Å²) in [4.78, 5) is 51.0. The second-order valence-corrected chi connectivity index (χ2v) is 10.2. The highest BCUT2D eigenvalue weighted by Gasteiger charge is 2.21. The van der Waals surface area contributed by atoms with Crippen LogP contribution in [0.15, 0.2) is 53.0 Å². The number of amides is 3. The maximum Gasteiger partial charge on any atom is 0.295 e. The zero-order valence-corrected chi connectivity index (χ0v) is 25.3. The van der Waals surface area contributed by atoms with Crippen LogP contribution in [0.5, 0.6) is 0 Å². The summed E-state index contributed by atoms with van der Waals surface area (Å²) in [6.07, 6.45) is 4.90. The molecular weight excluding hydrogens is 578 g/mol. The molecule has 234 valence electrons. The number of oxazole rings is 1. The number of nitrogens with zero attached hydrogens (tertiary/aromatic N) is 5. The highest BCUT2D eigenvalue weighted by atomic mass is 16.4. The van der Waals surface area contributed by atoms with E-state index in [2.05, 4.69) is 30.9 Å². The van der Waals surface area contributed by atoms with Gasteiger partial charge in [0, 0.05) is 51.3 Å². The van der Waals surface area contributed by atoms with E-state index in [9.17, 15) is 14.4 Å². The van der Waals surface area contributed by atoms with Crippen molar-refractivity contribution in [3.8, 4) is 0 Å². The van der Waals surface area contributed by atoms with Gasteiger partial charge in [0.25, 0.3) is 11.8 Å². The first kappa shape index (κ1) is 30.9. The molecule has 0 saturated heterocycles. The fourth-order valence-electron chi connectivity index (χ4n) is 5.00. The lowest BCUT2D eigenvalue weighted by Crippen LogP contribution is -2.24. The number of carbonyl (C=O) groups is 3. The Morgan fingerprint density at radius 3 is 2.18 bits per heavy atom. The summed E-state index contributed by atoms with van der Waals surface area (Å²) in [5, 5.41) is 17.7. The number of rotatable bonds is 13. The summed E-state index contributed by atoms with van der Waals surface area (Å²) < 4.78 is 9.36. The highest BCUT2D eigenvalue weighted by Crippen LogP contribution is 2.24. The first-order valence-corrected chi connectivity index (χ1v) is 14.5. The Morgan fingerprint density at radius 1 is 0.933 bits per heavy atom. The van der Waals surface area contributed by atoms with E-state index in [1.807, 2.05) is 34.3 Å². The SMILES string of the molecule is CCc1nc(C)oc1C(=O)Nc1nc2cc(C(N)=O)ccc2n1C/C=C/Cn1c(NC)nc2cc(C(=O)NCCCO)ccc21. The van der Waals surface area contributed by atoms with E-state index in [0.717, 1.165) is 5.52 Å². The Balaban J connectivity index is 1.39. The van der Waals surface area contributed by atoms with E-state index in [0.29, 0.717) is 77.7 Å². The van der Waals surface area contributed by atoms with Gasteiger partial charge in [-0.15, -0.1) is 0 Å². The molecule has 0 aliphatic rings. The normalized spacial score (nSPS) is 11.5. The minimum atomic E-state index is -0.580. The lowest BCUT2D eigenvalue weighted by atomic mass is 10.2. The standard InChI is InChI=1S/C31H35N9O5/c1-4-21-26(45-18(2)35-21)29(44)38-31-37-22-16-19(27(32)42)8-10-25(22)40(31)14-6-5-13-39-24-11-9-20(28(43)34-12-7-15-41)17-23(24)36-30(39)33-3/h5-6,8-11,16-17,41H,4,7,12-15H2,1-3H3,(H2,32,42)(H,33,36)(H,34,43)(H,37,38,44)/b6-5+. The van der Waals surface area contributed by atoms with Gasteiger partial charge in [0.1, 0.15) is 0 Å². The molecular formula is C31H35N9O5. The van der Waals surface area contributed by atoms with Crippen LogP contribution in [-0.4, -0.2) is 67.1 Å². The van der Waals surface area contributed by atoms with Crippen LogP contribution in [0.4, 0.5) is 11.9 Å². The molecule has 5 rings (SSSR count). The van der Waals surface area contributed by atoms with Gasteiger partial charge in [-0.2, -0.15) is 0 Å². The molecule has 14 heteroatoms. The molecule has 0 bridgehead atoms. The molecule has 3 aromatic heterocycles. The van der Waals surface area contributed by atoms with Gasteiger partial charge in [0.2, 0.25) is 23.6 Å². The smallest absolute Gasteiger partial charge is 0.295 e. The lowest BCUT2D eigenvalue weighted by molar-refractivity contribution is 0.0949. The van der Waals surface area contributed by atoms with Gasteiger partial charge in [0.05, 0.1) is 27.8 Å². The largest absolute Gasteiger partial charge is 0.436 e. The first-order chi connectivity index (χ1) is 21.7. The highest BCUT2D eigenvalue weighted by molar-refractivity contribution is 6.03. The summed E-state index contributed by atoms with van der Waals surface area (Å²) >= 11 is 0. The number of aliphatic hydroxyl groups is 1. The van der Waals surface area contributed by atoms with Crippen LogP contribution in [0.2, 0.25) is 0 Å². The van der Waals surface area contributed by atoms with Crippen molar-refractivity contribution in [3.63, 3.8) is 0 Å². The molecule has 3 amide bonds. The first-order valence-electron chi connectivity index (χ1n) is 14.5. The number of hydrogen-bond donors (Lipinski definition) is 5. The van der Waals surface area contributed by atoms with Gasteiger partial charge in [-0.1, -0.05) is 19.1 Å². The monoisotopic (exact) mass is 613 g/mol. The Bertz CT molecular complexity index is 1920. The van der Waals surface area contributed by atoms with Crippen molar-refractivity contribution in [1.82, 2.24) is 29.4 Å². The fourth-order valence-corrected chi connectivity index (χ4v) is 5.00. The van der Waals surface area contributed by atoms with Crippen LogP contribution < -0.4 is 21.7 Å². The Hall–Kier alpha value is -5.50. The molecule has 0 aliphatic carbocycles. The average Bonchev–Trinajstić information content (AvgIpc) is 3.70. The predicted octanol–water partition coefficient (Wildman–Crippen LogP) is 3.01. The molecule has 0 spiro atoms. The zero-order chi connectivity index (χ0) is 32.1. The molecule has 14 nitrogen and oxygen atoms in total. The third kappa shape index (κ3) is 6.55. The number of carbonyl (C=O) groups excluding carboxylic acids is 3. The minimum Gasteiger partial charge on any atom is -0.436 e. The number of nitrogens with one attached hydrogen (secondary N) is 3. The number of imidazole rings is 2. The molecule has 0 unspecified atom stereocenters. The van der Waals surface area contributed by atoms with Gasteiger partial charge < -0.3 is 35.0 Å². The van der Waals surface area contributed by atoms with E-state index in [4.69, 9.17) is 15.3 Å². The summed E-state index contributed by atoms with van der Waals surface area (Å²) in [6.45, 7) is 4.77. The molecule has 0 atom stereocenters. The van der Waals surface area contributed by atoms with E-state index >= 15 is 0 Å². The molecule has 45 heavy (non-hydrogen) atoms. The van der Waals surface area contributed by atoms with Crippen LogP contribution >= 0.6 is 0 Å². The summed E-state index contributed by atoms with van der Waals surface area (Å²) in [6, 6.07) is 10.3. The fraction of sp³-hybridized carbons (Fsp3) is 0.290. The van der Waals surface area contributed by atoms with Gasteiger partial charge in [0.15, 0.2) is 5.89 Å². The molecule has 2 aromatic carbocycles. The molecule has 3 heterocycles. The number of primary amides is 1. The molecule has 0 aliphatic heterocycles. The minimum absolute atomic E-state index is 0.00813. The lowest BCUT2D eigenvalue weighted by Gasteiger charge is -2.09. The van der Waals surface area contributed by atoms with Crippen LogP contribution in [0.1, 0.15) is 56.2 Å². The predicted molar refractivity (Wildman–Crippen MR) is 169 cm³/mol. The van der Waals surface area contributed by atoms with E-state index in [-0.39, 0.29) is 24.2 Å². The van der Waals surface area contributed by atoms with Crippen molar-refractivity contribution in [2.24, 2.45) is 5.73 Å². The number of benzene rings is 2. The summed E-state index contributed by atoms with van der Waals surface area (Å²) in [5.74, 6) is 0.128. The number of nitrogens with two attached hydrogens (primary N) is 1.